The first-order valence-corrected chi connectivity index (χ1v) is 8.74. The van der Waals surface area contributed by atoms with Crippen LogP contribution in [0.5, 0.6) is 11.5 Å². The monoisotopic (exact) mass is 388 g/mol. The lowest BCUT2D eigenvalue weighted by Crippen LogP contribution is -2.33. The first-order valence-electron chi connectivity index (χ1n) is 8.36. The number of ether oxygens (including phenoxy) is 3. The molecule has 8 heteroatoms. The van der Waals surface area contributed by atoms with Gasteiger partial charge < -0.3 is 23.5 Å². The molecule has 27 heavy (non-hydrogen) atoms. The number of hydrogen-bond donors (Lipinski definition) is 0. The van der Waals surface area contributed by atoms with Gasteiger partial charge in [-0.05, 0) is 24.3 Å². The second-order valence-electron chi connectivity index (χ2n) is 6.03. The maximum absolute atomic E-state index is 12.7. The van der Waals surface area contributed by atoms with Crippen molar-refractivity contribution in [3.63, 3.8) is 0 Å². The Bertz CT molecular complexity index is 974. The summed E-state index contributed by atoms with van der Waals surface area (Å²) in [6.07, 6.45) is 1.47. The molecule has 3 heterocycles. The van der Waals surface area contributed by atoms with Gasteiger partial charge in [0, 0.05) is 37.2 Å². The van der Waals surface area contributed by atoms with Gasteiger partial charge in [0.25, 0.3) is 5.91 Å². The van der Waals surface area contributed by atoms with Crippen LogP contribution in [0.3, 0.4) is 0 Å². The van der Waals surface area contributed by atoms with Gasteiger partial charge in [-0.3, -0.25) is 4.79 Å². The number of halogens is 1. The van der Waals surface area contributed by atoms with Crippen LogP contribution in [-0.2, 0) is 11.3 Å². The van der Waals surface area contributed by atoms with Crippen molar-refractivity contribution in [2.75, 3.05) is 27.1 Å². The summed E-state index contributed by atoms with van der Waals surface area (Å²) >= 11 is 6.39. The summed E-state index contributed by atoms with van der Waals surface area (Å²) in [6, 6.07) is 8.86. The van der Waals surface area contributed by atoms with Crippen LogP contribution in [0, 0.1) is 0 Å². The average molecular weight is 389 g/mol. The zero-order valence-corrected chi connectivity index (χ0v) is 15.4. The van der Waals surface area contributed by atoms with Crippen molar-refractivity contribution in [2.45, 2.75) is 6.54 Å². The molecule has 0 N–H and O–H groups in total. The number of methoxy groups -OCH3 is 1. The number of furan rings is 1. The van der Waals surface area contributed by atoms with E-state index >= 15 is 0 Å². The zero-order chi connectivity index (χ0) is 18.8. The van der Waals surface area contributed by atoms with Gasteiger partial charge >= 0.3 is 0 Å². The van der Waals surface area contributed by atoms with Gasteiger partial charge in [0.1, 0.15) is 5.15 Å². The molecule has 140 valence electrons. The molecular weight excluding hydrogens is 372 g/mol. The number of carbonyl (C=O) groups is 1. The zero-order valence-electron chi connectivity index (χ0n) is 14.6. The van der Waals surface area contributed by atoms with Crippen molar-refractivity contribution in [2.24, 2.45) is 0 Å². The number of fused-ring (bicyclic) bond motifs is 2. The summed E-state index contributed by atoms with van der Waals surface area (Å²) in [7, 11) is 1.59. The molecule has 1 aliphatic heterocycles. The smallest absolute Gasteiger partial charge is 0.289 e. The maximum Gasteiger partial charge on any atom is 0.289 e. The van der Waals surface area contributed by atoms with E-state index in [9.17, 15) is 4.79 Å². The average Bonchev–Trinajstić information content (AvgIpc) is 3.34. The molecular formula is C19H17ClN2O5. The largest absolute Gasteiger partial charge is 0.459 e. The van der Waals surface area contributed by atoms with E-state index < -0.39 is 0 Å². The van der Waals surface area contributed by atoms with Crippen LogP contribution in [0.4, 0.5) is 0 Å². The highest BCUT2D eigenvalue weighted by Crippen LogP contribution is 2.36. The first-order chi connectivity index (χ1) is 13.2. The Morgan fingerprint density at radius 1 is 1.30 bits per heavy atom. The number of hydrogen-bond acceptors (Lipinski definition) is 6. The van der Waals surface area contributed by atoms with Crippen molar-refractivity contribution in [3.8, 4) is 11.5 Å². The second-order valence-corrected chi connectivity index (χ2v) is 6.39. The van der Waals surface area contributed by atoms with E-state index in [-0.39, 0.29) is 25.0 Å². The number of aromatic nitrogens is 1. The molecule has 0 radical (unpaired) electrons. The predicted molar refractivity (Wildman–Crippen MR) is 98.2 cm³/mol. The number of nitrogens with zero attached hydrogens (tertiary/aromatic N) is 2. The molecule has 0 fully saturated rings. The van der Waals surface area contributed by atoms with Crippen LogP contribution in [-0.4, -0.2) is 42.8 Å². The quantitative estimate of drug-likeness (QED) is 0.602. The van der Waals surface area contributed by atoms with Gasteiger partial charge in [0.15, 0.2) is 17.3 Å². The van der Waals surface area contributed by atoms with Crippen molar-refractivity contribution in [1.82, 2.24) is 9.88 Å². The Balaban J connectivity index is 1.65. The molecule has 0 saturated carbocycles. The lowest BCUT2D eigenvalue weighted by atomic mass is 10.1. The highest BCUT2D eigenvalue weighted by molar-refractivity contribution is 6.30. The Hall–Kier alpha value is -2.77. The van der Waals surface area contributed by atoms with Gasteiger partial charge in [-0.1, -0.05) is 11.6 Å². The minimum atomic E-state index is -0.237. The summed E-state index contributed by atoms with van der Waals surface area (Å²) in [6.45, 7) is 1.25. The maximum atomic E-state index is 12.7. The molecule has 7 nitrogen and oxygen atoms in total. The molecule has 2 aromatic heterocycles. The standard InChI is InChI=1S/C19H17ClN2O5/c1-24-6-4-22(19(23)15-3-2-5-25-15)10-13-7-12-8-16-17(27-11-26-16)9-14(12)21-18(13)20/h2-3,5,7-9H,4,6,10-11H2,1H3. The minimum absolute atomic E-state index is 0.189. The van der Waals surface area contributed by atoms with Crippen molar-refractivity contribution in [3.05, 3.63) is 53.1 Å². The Morgan fingerprint density at radius 3 is 2.85 bits per heavy atom. The van der Waals surface area contributed by atoms with E-state index in [1.54, 1.807) is 30.2 Å². The predicted octanol–water partition coefficient (Wildman–Crippen LogP) is 3.50. The molecule has 0 saturated heterocycles. The molecule has 0 bridgehead atoms. The van der Waals surface area contributed by atoms with Crippen LogP contribution in [0.1, 0.15) is 16.1 Å². The Kier molecular flexibility index (Phi) is 4.87. The fourth-order valence-corrected chi connectivity index (χ4v) is 3.12. The highest BCUT2D eigenvalue weighted by atomic mass is 35.5. The van der Waals surface area contributed by atoms with E-state index in [1.807, 2.05) is 12.1 Å². The van der Waals surface area contributed by atoms with Gasteiger partial charge in [-0.2, -0.15) is 0 Å². The number of amides is 1. The SMILES string of the molecule is COCCN(Cc1cc2cc3c(cc2nc1Cl)OCO3)C(=O)c1ccco1. The highest BCUT2D eigenvalue weighted by Gasteiger charge is 2.21. The summed E-state index contributed by atoms with van der Waals surface area (Å²) < 4.78 is 21.2. The summed E-state index contributed by atoms with van der Waals surface area (Å²) in [4.78, 5) is 18.8. The van der Waals surface area contributed by atoms with E-state index in [1.165, 1.54) is 6.26 Å². The van der Waals surface area contributed by atoms with Crippen LogP contribution >= 0.6 is 11.6 Å². The number of carbonyl (C=O) groups excluding carboxylic acids is 1. The molecule has 4 rings (SSSR count). The van der Waals surface area contributed by atoms with Crippen molar-refractivity contribution < 1.29 is 23.4 Å². The third kappa shape index (κ3) is 3.56. The van der Waals surface area contributed by atoms with Crippen LogP contribution in [0.25, 0.3) is 10.9 Å². The third-order valence-electron chi connectivity index (χ3n) is 4.28. The fraction of sp³-hybridized carbons (Fsp3) is 0.263. The van der Waals surface area contributed by atoms with Gasteiger partial charge in [0.2, 0.25) is 6.79 Å². The van der Waals surface area contributed by atoms with Gasteiger partial charge in [0.05, 0.1) is 18.4 Å². The molecule has 0 spiro atoms. The number of benzene rings is 1. The molecule has 3 aromatic rings. The van der Waals surface area contributed by atoms with Gasteiger partial charge in [-0.15, -0.1) is 0 Å². The normalized spacial score (nSPS) is 12.5. The minimum Gasteiger partial charge on any atom is -0.459 e. The molecule has 0 atom stereocenters. The Morgan fingerprint density at radius 2 is 2.11 bits per heavy atom. The second kappa shape index (κ2) is 7.46. The van der Waals surface area contributed by atoms with Crippen LogP contribution < -0.4 is 9.47 Å². The van der Waals surface area contributed by atoms with E-state index in [2.05, 4.69) is 4.98 Å². The van der Waals surface area contributed by atoms with Crippen LogP contribution in [0.15, 0.2) is 41.0 Å². The topological polar surface area (TPSA) is 74.0 Å². The van der Waals surface area contributed by atoms with Crippen molar-refractivity contribution in [1.29, 1.82) is 0 Å². The fourth-order valence-electron chi connectivity index (χ4n) is 2.91. The number of rotatable bonds is 6. The molecule has 0 aliphatic carbocycles. The van der Waals surface area contributed by atoms with Gasteiger partial charge in [-0.25, -0.2) is 4.98 Å². The van der Waals surface area contributed by atoms with Crippen molar-refractivity contribution >= 4 is 28.4 Å². The Labute approximate surface area is 160 Å². The lowest BCUT2D eigenvalue weighted by molar-refractivity contribution is 0.0649. The summed E-state index contributed by atoms with van der Waals surface area (Å²) in [5.41, 5.74) is 1.42. The molecule has 1 aliphatic rings. The molecule has 0 unspecified atom stereocenters. The summed E-state index contributed by atoms with van der Waals surface area (Å²) in [5, 5.41) is 1.19. The third-order valence-corrected chi connectivity index (χ3v) is 4.61. The first kappa shape index (κ1) is 17.6. The van der Waals surface area contributed by atoms with E-state index in [4.69, 9.17) is 30.2 Å². The van der Waals surface area contributed by atoms with Crippen LogP contribution in [0.2, 0.25) is 5.15 Å². The molecule has 1 aromatic carbocycles. The summed E-state index contributed by atoms with van der Waals surface area (Å²) in [5.74, 6) is 1.34. The van der Waals surface area contributed by atoms with E-state index in [0.717, 1.165) is 10.9 Å². The lowest BCUT2D eigenvalue weighted by Gasteiger charge is -2.22. The molecule has 1 amide bonds. The van der Waals surface area contributed by atoms with E-state index in [0.29, 0.717) is 35.3 Å². The number of pyridine rings is 1.